The van der Waals surface area contributed by atoms with Gasteiger partial charge in [-0.1, -0.05) is 6.07 Å². The first kappa shape index (κ1) is 11.6. The molecule has 2 aromatic heterocycles. The van der Waals surface area contributed by atoms with Gasteiger partial charge in [-0.05, 0) is 18.4 Å². The number of thiophene rings is 1. The zero-order chi connectivity index (χ0) is 11.4. The summed E-state index contributed by atoms with van der Waals surface area (Å²) in [5.41, 5.74) is 1.10. The maximum atomic E-state index is 4.99. The monoisotopic (exact) mass is 254 g/mol. The highest BCUT2D eigenvalue weighted by atomic mass is 32.1. The van der Waals surface area contributed by atoms with Crippen LogP contribution < -0.4 is 5.32 Å². The third kappa shape index (κ3) is 2.61. The molecule has 0 aromatic carbocycles. The molecule has 0 unspecified atom stereocenters. The molecular weight excluding hydrogens is 240 g/mol. The summed E-state index contributed by atoms with van der Waals surface area (Å²) in [6, 6.07) is 4.16. The highest BCUT2D eigenvalue weighted by molar-refractivity contribution is 7.17. The molecule has 0 atom stereocenters. The van der Waals surface area contributed by atoms with Crippen LogP contribution in [0, 0.1) is 6.92 Å². The molecule has 0 radical (unpaired) electrons. The minimum atomic E-state index is 0.701. The third-order valence-electron chi connectivity index (χ3n) is 2.13. The number of rotatable bonds is 5. The topological polar surface area (TPSA) is 34.1 Å². The Kier molecular flexibility index (Phi) is 3.93. The van der Waals surface area contributed by atoms with Gasteiger partial charge in [0.1, 0.15) is 0 Å². The van der Waals surface area contributed by atoms with Gasteiger partial charge in [-0.3, -0.25) is 0 Å². The SMILES string of the molecule is COCCNc1nc(-c2cccs2)c(C)s1. The Labute approximate surface area is 103 Å². The molecule has 5 heteroatoms. The maximum Gasteiger partial charge on any atom is 0.183 e. The van der Waals surface area contributed by atoms with E-state index in [1.54, 1.807) is 29.8 Å². The number of nitrogens with one attached hydrogen (secondary N) is 1. The summed E-state index contributed by atoms with van der Waals surface area (Å²) in [7, 11) is 1.70. The zero-order valence-electron chi connectivity index (χ0n) is 9.32. The van der Waals surface area contributed by atoms with Crippen molar-refractivity contribution in [3.63, 3.8) is 0 Å². The fraction of sp³-hybridized carbons (Fsp3) is 0.364. The summed E-state index contributed by atoms with van der Waals surface area (Å²) in [6.45, 7) is 3.61. The summed E-state index contributed by atoms with van der Waals surface area (Å²) in [5, 5.41) is 6.30. The van der Waals surface area contributed by atoms with Crippen molar-refractivity contribution in [1.29, 1.82) is 0 Å². The Bertz CT molecular complexity index is 437. The minimum absolute atomic E-state index is 0.701. The van der Waals surface area contributed by atoms with Gasteiger partial charge in [0, 0.05) is 18.5 Å². The van der Waals surface area contributed by atoms with Crippen LogP contribution in [0.4, 0.5) is 5.13 Å². The lowest BCUT2D eigenvalue weighted by atomic mass is 10.3. The van der Waals surface area contributed by atoms with E-state index >= 15 is 0 Å². The molecule has 86 valence electrons. The number of methoxy groups -OCH3 is 1. The summed E-state index contributed by atoms with van der Waals surface area (Å²) in [5.74, 6) is 0. The van der Waals surface area contributed by atoms with Gasteiger partial charge < -0.3 is 10.1 Å². The van der Waals surface area contributed by atoms with Crippen molar-refractivity contribution < 1.29 is 4.74 Å². The molecule has 1 N–H and O–H groups in total. The summed E-state index contributed by atoms with van der Waals surface area (Å²) >= 11 is 3.42. The van der Waals surface area contributed by atoms with E-state index in [0.717, 1.165) is 17.4 Å². The quantitative estimate of drug-likeness (QED) is 0.832. The Morgan fingerprint density at radius 3 is 3.06 bits per heavy atom. The number of ether oxygens (including phenoxy) is 1. The molecule has 3 nitrogen and oxygen atoms in total. The lowest BCUT2D eigenvalue weighted by Crippen LogP contribution is -2.06. The van der Waals surface area contributed by atoms with Crippen LogP contribution in [0.15, 0.2) is 17.5 Å². The van der Waals surface area contributed by atoms with E-state index in [2.05, 4.69) is 34.7 Å². The maximum absolute atomic E-state index is 4.99. The number of anilines is 1. The minimum Gasteiger partial charge on any atom is -0.383 e. The lowest BCUT2D eigenvalue weighted by molar-refractivity contribution is 0.211. The molecule has 0 spiro atoms. The molecule has 0 saturated carbocycles. The summed E-state index contributed by atoms with van der Waals surface area (Å²) in [4.78, 5) is 7.07. The van der Waals surface area contributed by atoms with Gasteiger partial charge in [-0.15, -0.1) is 22.7 Å². The van der Waals surface area contributed by atoms with Crippen LogP contribution in [0.2, 0.25) is 0 Å². The predicted octanol–water partition coefficient (Wildman–Crippen LogP) is 3.24. The molecule has 0 aliphatic carbocycles. The van der Waals surface area contributed by atoms with Crippen LogP contribution in [0.5, 0.6) is 0 Å². The van der Waals surface area contributed by atoms with Crippen molar-refractivity contribution in [2.24, 2.45) is 0 Å². The van der Waals surface area contributed by atoms with E-state index in [4.69, 9.17) is 4.74 Å². The summed E-state index contributed by atoms with van der Waals surface area (Å²) < 4.78 is 4.99. The van der Waals surface area contributed by atoms with Crippen molar-refractivity contribution in [2.75, 3.05) is 25.6 Å². The number of nitrogens with zero attached hydrogens (tertiary/aromatic N) is 1. The number of hydrogen-bond acceptors (Lipinski definition) is 5. The van der Waals surface area contributed by atoms with E-state index in [-0.39, 0.29) is 0 Å². The average Bonchev–Trinajstić information content (AvgIpc) is 2.87. The van der Waals surface area contributed by atoms with Crippen molar-refractivity contribution in [1.82, 2.24) is 4.98 Å². The fourth-order valence-corrected chi connectivity index (χ4v) is 3.06. The molecular formula is C11H14N2OS2. The second-order valence-corrected chi connectivity index (χ2v) is 5.47. The molecule has 2 rings (SSSR count). The number of aryl methyl sites for hydroxylation is 1. The summed E-state index contributed by atoms with van der Waals surface area (Å²) in [6.07, 6.45) is 0. The Balaban J connectivity index is 2.10. The largest absolute Gasteiger partial charge is 0.383 e. The van der Waals surface area contributed by atoms with Gasteiger partial charge in [-0.2, -0.15) is 0 Å². The van der Waals surface area contributed by atoms with Crippen LogP contribution >= 0.6 is 22.7 Å². The molecule has 0 aliphatic heterocycles. The van der Waals surface area contributed by atoms with Gasteiger partial charge in [0.2, 0.25) is 0 Å². The van der Waals surface area contributed by atoms with Crippen LogP contribution in [0.1, 0.15) is 4.88 Å². The van der Waals surface area contributed by atoms with Gasteiger partial charge in [0.15, 0.2) is 5.13 Å². The highest BCUT2D eigenvalue weighted by Crippen LogP contribution is 2.32. The van der Waals surface area contributed by atoms with E-state index in [1.807, 2.05) is 0 Å². The normalized spacial score (nSPS) is 10.6. The molecule has 2 heterocycles. The molecule has 0 aliphatic rings. The molecule has 0 bridgehead atoms. The fourth-order valence-electron chi connectivity index (χ4n) is 1.37. The standard InChI is InChI=1S/C11H14N2OS2/c1-8-10(9-4-3-7-15-9)13-11(16-8)12-5-6-14-2/h3-4,7H,5-6H2,1-2H3,(H,12,13). The second kappa shape index (κ2) is 5.43. The smallest absolute Gasteiger partial charge is 0.183 e. The van der Waals surface area contributed by atoms with Gasteiger partial charge >= 0.3 is 0 Å². The van der Waals surface area contributed by atoms with Gasteiger partial charge in [0.05, 0.1) is 17.2 Å². The Morgan fingerprint density at radius 2 is 2.38 bits per heavy atom. The van der Waals surface area contributed by atoms with Crippen LogP contribution in [-0.4, -0.2) is 25.2 Å². The Hall–Kier alpha value is -0.910. The Morgan fingerprint density at radius 1 is 1.50 bits per heavy atom. The molecule has 2 aromatic rings. The highest BCUT2D eigenvalue weighted by Gasteiger charge is 2.09. The molecule has 0 saturated heterocycles. The first-order valence-electron chi connectivity index (χ1n) is 5.05. The van der Waals surface area contributed by atoms with Crippen LogP contribution in [0.25, 0.3) is 10.6 Å². The second-order valence-electron chi connectivity index (χ2n) is 3.32. The third-order valence-corrected chi connectivity index (χ3v) is 3.94. The van der Waals surface area contributed by atoms with Gasteiger partial charge in [0.25, 0.3) is 0 Å². The first-order valence-corrected chi connectivity index (χ1v) is 6.75. The molecule has 0 amide bonds. The molecule has 16 heavy (non-hydrogen) atoms. The average molecular weight is 254 g/mol. The van der Waals surface area contributed by atoms with E-state index < -0.39 is 0 Å². The molecule has 0 fully saturated rings. The lowest BCUT2D eigenvalue weighted by Gasteiger charge is -1.99. The van der Waals surface area contributed by atoms with E-state index in [9.17, 15) is 0 Å². The van der Waals surface area contributed by atoms with Crippen LogP contribution in [-0.2, 0) is 4.74 Å². The van der Waals surface area contributed by atoms with Crippen molar-refractivity contribution in [2.45, 2.75) is 6.92 Å². The number of hydrogen-bond donors (Lipinski definition) is 1. The van der Waals surface area contributed by atoms with Crippen molar-refractivity contribution >= 4 is 27.8 Å². The van der Waals surface area contributed by atoms with Crippen molar-refractivity contribution in [3.8, 4) is 10.6 Å². The van der Waals surface area contributed by atoms with E-state index in [1.165, 1.54) is 9.75 Å². The first-order chi connectivity index (χ1) is 7.81. The zero-order valence-corrected chi connectivity index (χ0v) is 11.0. The van der Waals surface area contributed by atoms with Crippen LogP contribution in [0.3, 0.4) is 0 Å². The number of thiazole rings is 1. The van der Waals surface area contributed by atoms with Crippen molar-refractivity contribution in [3.05, 3.63) is 22.4 Å². The number of aromatic nitrogens is 1. The van der Waals surface area contributed by atoms with E-state index in [0.29, 0.717) is 6.61 Å². The van der Waals surface area contributed by atoms with Gasteiger partial charge in [-0.25, -0.2) is 4.98 Å². The predicted molar refractivity (Wildman–Crippen MR) is 70.5 cm³/mol.